The summed E-state index contributed by atoms with van der Waals surface area (Å²) < 4.78 is 47.1. The van der Waals surface area contributed by atoms with E-state index in [2.05, 4.69) is 0 Å². The van der Waals surface area contributed by atoms with Gasteiger partial charge in [0.05, 0.1) is 5.75 Å². The van der Waals surface area contributed by atoms with Crippen LogP contribution in [0.1, 0.15) is 23.2 Å². The first kappa shape index (κ1) is 13.8. The smallest absolute Gasteiger partial charge is 0.163 e. The SMILES string of the molecule is CS(=O)(=O)CCCC(=O)c1ccc(F)c(F)c1. The predicted molar refractivity (Wildman–Crippen MR) is 59.6 cm³/mol. The highest BCUT2D eigenvalue weighted by molar-refractivity contribution is 7.90. The Morgan fingerprint density at radius 2 is 1.88 bits per heavy atom. The Balaban J connectivity index is 2.61. The third-order valence-corrected chi connectivity index (χ3v) is 3.19. The van der Waals surface area contributed by atoms with Gasteiger partial charge in [-0.1, -0.05) is 0 Å². The van der Waals surface area contributed by atoms with Crippen LogP contribution in [0.4, 0.5) is 8.78 Å². The molecule has 1 aromatic carbocycles. The molecule has 0 aliphatic carbocycles. The van der Waals surface area contributed by atoms with Gasteiger partial charge in [-0.05, 0) is 24.6 Å². The number of halogens is 2. The molecule has 0 bridgehead atoms. The van der Waals surface area contributed by atoms with Crippen molar-refractivity contribution in [2.45, 2.75) is 12.8 Å². The second-order valence-electron chi connectivity index (χ2n) is 3.79. The molecule has 17 heavy (non-hydrogen) atoms. The molecule has 0 unspecified atom stereocenters. The number of hydrogen-bond acceptors (Lipinski definition) is 3. The normalized spacial score (nSPS) is 11.5. The van der Waals surface area contributed by atoms with Gasteiger partial charge in [-0.15, -0.1) is 0 Å². The van der Waals surface area contributed by atoms with Crippen LogP contribution in [0.3, 0.4) is 0 Å². The minimum atomic E-state index is -3.10. The molecule has 1 aromatic rings. The van der Waals surface area contributed by atoms with Gasteiger partial charge in [0.25, 0.3) is 0 Å². The van der Waals surface area contributed by atoms with Crippen molar-refractivity contribution >= 4 is 15.6 Å². The van der Waals surface area contributed by atoms with Gasteiger partial charge in [-0.3, -0.25) is 4.79 Å². The summed E-state index contributed by atoms with van der Waals surface area (Å²) >= 11 is 0. The molecule has 0 aliphatic rings. The summed E-state index contributed by atoms with van der Waals surface area (Å²) in [7, 11) is -3.10. The van der Waals surface area contributed by atoms with Crippen LogP contribution >= 0.6 is 0 Å². The lowest BCUT2D eigenvalue weighted by atomic mass is 10.1. The minimum absolute atomic E-state index is 0.00184. The first-order valence-corrected chi connectivity index (χ1v) is 7.01. The maximum atomic E-state index is 12.8. The Labute approximate surface area is 98.4 Å². The number of sulfone groups is 1. The van der Waals surface area contributed by atoms with Crippen molar-refractivity contribution in [1.29, 1.82) is 0 Å². The number of ketones is 1. The van der Waals surface area contributed by atoms with Crippen molar-refractivity contribution < 1.29 is 22.0 Å². The molecule has 0 heterocycles. The first-order valence-electron chi connectivity index (χ1n) is 4.95. The molecule has 0 N–H and O–H groups in total. The van der Waals surface area contributed by atoms with Gasteiger partial charge in [0.2, 0.25) is 0 Å². The summed E-state index contributed by atoms with van der Waals surface area (Å²) in [5.74, 6) is -2.59. The number of rotatable bonds is 5. The molecule has 0 atom stereocenters. The fourth-order valence-electron chi connectivity index (χ4n) is 1.31. The molecule has 3 nitrogen and oxygen atoms in total. The van der Waals surface area contributed by atoms with Gasteiger partial charge in [0.1, 0.15) is 9.84 Å². The van der Waals surface area contributed by atoms with Crippen molar-refractivity contribution in [3.63, 3.8) is 0 Å². The topological polar surface area (TPSA) is 51.2 Å². The zero-order valence-electron chi connectivity index (χ0n) is 9.24. The van der Waals surface area contributed by atoms with Gasteiger partial charge in [-0.25, -0.2) is 17.2 Å². The predicted octanol–water partition coefficient (Wildman–Crippen LogP) is 1.97. The minimum Gasteiger partial charge on any atom is -0.294 e. The van der Waals surface area contributed by atoms with Crippen LogP contribution < -0.4 is 0 Å². The van der Waals surface area contributed by atoms with E-state index in [1.54, 1.807) is 0 Å². The molecule has 0 saturated heterocycles. The Morgan fingerprint density at radius 1 is 1.24 bits per heavy atom. The van der Waals surface area contributed by atoms with Crippen molar-refractivity contribution in [3.05, 3.63) is 35.4 Å². The van der Waals surface area contributed by atoms with Crippen LogP contribution in [0.15, 0.2) is 18.2 Å². The molecule has 0 aromatic heterocycles. The van der Waals surface area contributed by atoms with Gasteiger partial charge < -0.3 is 0 Å². The number of carbonyl (C=O) groups excluding carboxylic acids is 1. The fraction of sp³-hybridized carbons (Fsp3) is 0.364. The van der Waals surface area contributed by atoms with E-state index in [1.165, 1.54) is 6.07 Å². The third-order valence-electron chi connectivity index (χ3n) is 2.16. The molecule has 0 spiro atoms. The van der Waals surface area contributed by atoms with Crippen molar-refractivity contribution in [2.75, 3.05) is 12.0 Å². The van der Waals surface area contributed by atoms with E-state index in [-0.39, 0.29) is 24.2 Å². The van der Waals surface area contributed by atoms with E-state index in [0.717, 1.165) is 18.4 Å². The maximum absolute atomic E-state index is 12.8. The molecule has 0 amide bonds. The monoisotopic (exact) mass is 262 g/mol. The van der Waals surface area contributed by atoms with Crippen LogP contribution in [0.2, 0.25) is 0 Å². The average Bonchev–Trinajstić information content (AvgIpc) is 2.20. The summed E-state index contributed by atoms with van der Waals surface area (Å²) in [5.41, 5.74) is 0.0531. The Bertz CT molecular complexity index is 524. The van der Waals surface area contributed by atoms with Crippen LogP contribution in [0.25, 0.3) is 0 Å². The summed E-state index contributed by atoms with van der Waals surface area (Å²) in [6, 6.07) is 2.87. The molecule has 0 radical (unpaired) electrons. The summed E-state index contributed by atoms with van der Waals surface area (Å²) in [6.45, 7) is 0. The van der Waals surface area contributed by atoms with Crippen molar-refractivity contribution in [2.24, 2.45) is 0 Å². The molecular formula is C11H12F2O3S. The number of hydrogen-bond donors (Lipinski definition) is 0. The average molecular weight is 262 g/mol. The Hall–Kier alpha value is -1.30. The summed E-state index contributed by atoms with van der Waals surface area (Å²) in [4.78, 5) is 11.5. The van der Waals surface area contributed by atoms with Crippen LogP contribution in [0, 0.1) is 11.6 Å². The van der Waals surface area contributed by atoms with Gasteiger partial charge >= 0.3 is 0 Å². The molecule has 0 aliphatic heterocycles. The third kappa shape index (κ3) is 4.60. The van der Waals surface area contributed by atoms with Crippen molar-refractivity contribution in [3.8, 4) is 0 Å². The summed E-state index contributed by atoms with van der Waals surface area (Å²) in [6.07, 6.45) is 1.25. The summed E-state index contributed by atoms with van der Waals surface area (Å²) in [5, 5.41) is 0. The number of carbonyl (C=O) groups is 1. The fourth-order valence-corrected chi connectivity index (χ4v) is 1.98. The van der Waals surface area contributed by atoms with Crippen LogP contribution in [0.5, 0.6) is 0 Å². The Kier molecular flexibility index (Phi) is 4.34. The zero-order valence-corrected chi connectivity index (χ0v) is 10.1. The number of benzene rings is 1. The van der Waals surface area contributed by atoms with E-state index in [4.69, 9.17) is 0 Å². The zero-order chi connectivity index (χ0) is 13.1. The maximum Gasteiger partial charge on any atom is 0.163 e. The highest BCUT2D eigenvalue weighted by atomic mass is 32.2. The van der Waals surface area contributed by atoms with Crippen LogP contribution in [-0.2, 0) is 9.84 Å². The lowest BCUT2D eigenvalue weighted by Crippen LogP contribution is -2.07. The van der Waals surface area contributed by atoms with E-state index >= 15 is 0 Å². The quantitative estimate of drug-likeness (QED) is 0.762. The second-order valence-corrected chi connectivity index (χ2v) is 6.05. The lowest BCUT2D eigenvalue weighted by Gasteiger charge is -2.01. The molecule has 94 valence electrons. The van der Waals surface area contributed by atoms with Crippen LogP contribution in [-0.4, -0.2) is 26.2 Å². The second kappa shape index (κ2) is 5.35. The van der Waals surface area contributed by atoms with Gasteiger partial charge in [-0.2, -0.15) is 0 Å². The van der Waals surface area contributed by atoms with E-state index in [1.807, 2.05) is 0 Å². The molecule has 0 saturated carbocycles. The molecular weight excluding hydrogens is 250 g/mol. The highest BCUT2D eigenvalue weighted by Gasteiger charge is 2.11. The van der Waals surface area contributed by atoms with E-state index in [9.17, 15) is 22.0 Å². The Morgan fingerprint density at radius 3 is 2.41 bits per heavy atom. The van der Waals surface area contributed by atoms with Crippen molar-refractivity contribution in [1.82, 2.24) is 0 Å². The highest BCUT2D eigenvalue weighted by Crippen LogP contribution is 2.11. The molecule has 1 rings (SSSR count). The first-order chi connectivity index (χ1) is 7.79. The van der Waals surface area contributed by atoms with Gasteiger partial charge in [0.15, 0.2) is 17.4 Å². The van der Waals surface area contributed by atoms with E-state index in [0.29, 0.717) is 0 Å². The number of Topliss-reactive ketones (excluding diaryl/α,β-unsaturated/α-hetero) is 1. The van der Waals surface area contributed by atoms with Gasteiger partial charge in [0, 0.05) is 18.2 Å². The standard InChI is InChI=1S/C11H12F2O3S/c1-17(15,16)6-2-3-11(14)8-4-5-9(12)10(13)7-8/h4-5,7H,2-3,6H2,1H3. The lowest BCUT2D eigenvalue weighted by molar-refractivity contribution is 0.0981. The van der Waals surface area contributed by atoms with E-state index < -0.39 is 27.3 Å². The largest absolute Gasteiger partial charge is 0.294 e. The molecule has 6 heteroatoms. The molecule has 0 fully saturated rings.